The molecule has 94 valence electrons. The molecule has 1 rings (SSSR count). The van der Waals surface area contributed by atoms with Gasteiger partial charge in [-0.15, -0.1) is 0 Å². The molecule has 0 amide bonds. The maximum atomic E-state index is 3.26. The highest BCUT2D eigenvalue weighted by Crippen LogP contribution is 2.07. The lowest BCUT2D eigenvalue weighted by Gasteiger charge is -1.99. The molecule has 2 nitrogen and oxygen atoms in total. The first kappa shape index (κ1) is 15.5. The van der Waals surface area contributed by atoms with Crippen molar-refractivity contribution in [1.29, 1.82) is 0 Å². The van der Waals surface area contributed by atoms with Crippen LogP contribution in [0.4, 0.5) is 0 Å². The van der Waals surface area contributed by atoms with Gasteiger partial charge in [-0.25, -0.2) is 9.55 Å². The van der Waals surface area contributed by atoms with Crippen LogP contribution in [0.3, 0.4) is 0 Å². The lowest BCUT2D eigenvalue weighted by Crippen LogP contribution is -3.00. The molecule has 0 bridgehead atoms. The molecule has 16 heavy (non-hydrogen) atoms. The summed E-state index contributed by atoms with van der Waals surface area (Å²) in [5.74, 6) is 1.25. The fourth-order valence-electron chi connectivity index (χ4n) is 1.92. The Hall–Kier alpha value is -0.500. The number of H-pyrrole nitrogens is 1. The van der Waals surface area contributed by atoms with Crippen molar-refractivity contribution in [2.45, 2.75) is 58.8 Å². The van der Waals surface area contributed by atoms with E-state index in [0.29, 0.717) is 0 Å². The van der Waals surface area contributed by atoms with Crippen molar-refractivity contribution in [2.24, 2.45) is 7.05 Å². The van der Waals surface area contributed by atoms with Crippen molar-refractivity contribution in [3.05, 3.63) is 17.7 Å². The third-order valence-corrected chi connectivity index (χ3v) is 3.17. The van der Waals surface area contributed by atoms with Gasteiger partial charge in [0.2, 0.25) is 0 Å². The van der Waals surface area contributed by atoms with Gasteiger partial charge >= 0.3 is 0 Å². The minimum absolute atomic E-state index is 0. The zero-order chi connectivity index (χ0) is 11.1. The van der Waals surface area contributed by atoms with Gasteiger partial charge in [-0.2, -0.15) is 0 Å². The molecule has 1 aromatic rings. The molecule has 0 aromatic carbocycles. The van der Waals surface area contributed by atoms with Gasteiger partial charge in [0.15, 0.2) is 0 Å². The monoisotopic (exact) mass is 244 g/mol. The SMILES string of the molecule is CCCCCCCCc1c[nH]c(C)[n+]1C.[Cl-]. The Balaban J connectivity index is 0.00000225. The van der Waals surface area contributed by atoms with E-state index in [4.69, 9.17) is 0 Å². The van der Waals surface area contributed by atoms with E-state index >= 15 is 0 Å². The van der Waals surface area contributed by atoms with E-state index in [9.17, 15) is 0 Å². The third-order valence-electron chi connectivity index (χ3n) is 3.17. The van der Waals surface area contributed by atoms with Crippen LogP contribution in [0.2, 0.25) is 0 Å². The molecule has 0 unspecified atom stereocenters. The quantitative estimate of drug-likeness (QED) is 0.517. The predicted molar refractivity (Wildman–Crippen MR) is 63.8 cm³/mol. The van der Waals surface area contributed by atoms with Crippen LogP contribution in [0.5, 0.6) is 0 Å². The third kappa shape index (κ3) is 5.02. The predicted octanol–water partition coefficient (Wildman–Crippen LogP) is 0.0546. The molecule has 1 aromatic heterocycles. The Morgan fingerprint density at radius 3 is 2.31 bits per heavy atom. The molecule has 0 aliphatic carbocycles. The van der Waals surface area contributed by atoms with Crippen molar-refractivity contribution < 1.29 is 17.0 Å². The summed E-state index contributed by atoms with van der Waals surface area (Å²) in [5.41, 5.74) is 1.43. The van der Waals surface area contributed by atoms with Crippen LogP contribution >= 0.6 is 0 Å². The first-order valence-electron chi connectivity index (χ1n) is 6.28. The van der Waals surface area contributed by atoms with Gasteiger partial charge in [-0.05, 0) is 6.42 Å². The highest BCUT2D eigenvalue weighted by atomic mass is 35.5. The van der Waals surface area contributed by atoms with Gasteiger partial charge in [-0.3, -0.25) is 0 Å². The lowest BCUT2D eigenvalue weighted by molar-refractivity contribution is -0.683. The minimum Gasteiger partial charge on any atom is -1.00 e. The summed E-state index contributed by atoms with van der Waals surface area (Å²) in [5, 5.41) is 0. The van der Waals surface area contributed by atoms with Gasteiger partial charge in [0, 0.05) is 13.3 Å². The van der Waals surface area contributed by atoms with Gasteiger partial charge < -0.3 is 12.4 Å². The summed E-state index contributed by atoms with van der Waals surface area (Å²) in [7, 11) is 2.14. The van der Waals surface area contributed by atoms with Crippen LogP contribution < -0.4 is 17.0 Å². The summed E-state index contributed by atoms with van der Waals surface area (Å²) in [6.07, 6.45) is 11.6. The number of aromatic nitrogens is 2. The molecule has 0 saturated carbocycles. The van der Waals surface area contributed by atoms with Gasteiger partial charge in [0.1, 0.15) is 11.9 Å². The molecule has 0 spiro atoms. The molecule has 3 heteroatoms. The van der Waals surface area contributed by atoms with Crippen LogP contribution in [0, 0.1) is 6.92 Å². The number of imidazole rings is 1. The Labute approximate surface area is 106 Å². The number of halogens is 1. The molecule has 0 atom stereocenters. The molecular weight excluding hydrogens is 220 g/mol. The topological polar surface area (TPSA) is 19.7 Å². The molecule has 1 heterocycles. The highest BCUT2D eigenvalue weighted by Gasteiger charge is 2.08. The number of aryl methyl sites for hydroxylation is 2. The lowest BCUT2D eigenvalue weighted by atomic mass is 10.1. The Morgan fingerprint density at radius 2 is 1.75 bits per heavy atom. The largest absolute Gasteiger partial charge is 1.00 e. The second-order valence-electron chi connectivity index (χ2n) is 4.44. The molecule has 1 N–H and O–H groups in total. The number of hydrogen-bond donors (Lipinski definition) is 1. The molecule has 0 aliphatic rings. The Bertz CT molecular complexity index is 281. The highest BCUT2D eigenvalue weighted by molar-refractivity contribution is 4.89. The van der Waals surface area contributed by atoms with Crippen LogP contribution in [0.1, 0.15) is 57.0 Å². The van der Waals surface area contributed by atoms with E-state index < -0.39 is 0 Å². The Kier molecular flexibility index (Phi) is 8.36. The number of unbranched alkanes of at least 4 members (excludes halogenated alkanes) is 5. The average molecular weight is 245 g/mol. The van der Waals surface area contributed by atoms with Crippen LogP contribution in [0.25, 0.3) is 0 Å². The number of aromatic amines is 1. The van der Waals surface area contributed by atoms with E-state index in [-0.39, 0.29) is 12.4 Å². The molecule has 0 fully saturated rings. The normalized spacial score (nSPS) is 10.2. The average Bonchev–Trinajstić information content (AvgIpc) is 2.54. The van der Waals surface area contributed by atoms with Crippen molar-refractivity contribution >= 4 is 0 Å². The molecule has 0 saturated heterocycles. The zero-order valence-electron chi connectivity index (χ0n) is 10.9. The number of rotatable bonds is 7. The van der Waals surface area contributed by atoms with Crippen molar-refractivity contribution in [3.8, 4) is 0 Å². The van der Waals surface area contributed by atoms with Gasteiger partial charge in [-0.1, -0.05) is 39.0 Å². The summed E-state index contributed by atoms with van der Waals surface area (Å²) in [6.45, 7) is 4.38. The maximum absolute atomic E-state index is 3.26. The first-order chi connectivity index (χ1) is 7.25. The van der Waals surface area contributed by atoms with Gasteiger partial charge in [0.25, 0.3) is 5.82 Å². The Morgan fingerprint density at radius 1 is 1.12 bits per heavy atom. The maximum Gasteiger partial charge on any atom is 0.251 e. The van der Waals surface area contributed by atoms with E-state index in [1.165, 1.54) is 56.5 Å². The summed E-state index contributed by atoms with van der Waals surface area (Å²) < 4.78 is 2.26. The number of nitrogens with zero attached hydrogens (tertiary/aromatic N) is 1. The van der Waals surface area contributed by atoms with Crippen molar-refractivity contribution in [2.75, 3.05) is 0 Å². The standard InChI is InChI=1S/C13H24N2.ClH/c1-4-5-6-7-8-9-10-13-11-14-12(2)15(13)3;/h11H,4-10H2,1-3H3;1H. The molecule has 0 radical (unpaired) electrons. The van der Waals surface area contributed by atoms with Gasteiger partial charge in [0.05, 0.1) is 7.05 Å². The number of nitrogens with one attached hydrogen (secondary N) is 1. The first-order valence-corrected chi connectivity index (χ1v) is 6.28. The van der Waals surface area contributed by atoms with Crippen LogP contribution in [-0.2, 0) is 13.5 Å². The van der Waals surface area contributed by atoms with E-state index in [1.54, 1.807) is 0 Å². The zero-order valence-corrected chi connectivity index (χ0v) is 11.6. The van der Waals surface area contributed by atoms with Crippen LogP contribution in [-0.4, -0.2) is 4.98 Å². The second-order valence-corrected chi connectivity index (χ2v) is 4.44. The fourth-order valence-corrected chi connectivity index (χ4v) is 1.92. The van der Waals surface area contributed by atoms with Crippen molar-refractivity contribution in [3.63, 3.8) is 0 Å². The second kappa shape index (κ2) is 8.63. The summed E-state index contributed by atoms with van der Waals surface area (Å²) in [6, 6.07) is 0. The fraction of sp³-hybridized carbons (Fsp3) is 0.769. The molecule has 0 aliphatic heterocycles. The van der Waals surface area contributed by atoms with E-state index in [1.807, 2.05) is 0 Å². The smallest absolute Gasteiger partial charge is 0.251 e. The molecular formula is C13H25ClN2. The van der Waals surface area contributed by atoms with E-state index in [2.05, 4.69) is 36.6 Å². The summed E-state index contributed by atoms with van der Waals surface area (Å²) in [4.78, 5) is 3.26. The minimum atomic E-state index is 0. The van der Waals surface area contributed by atoms with E-state index in [0.717, 1.165) is 0 Å². The number of hydrogen-bond acceptors (Lipinski definition) is 0. The summed E-state index contributed by atoms with van der Waals surface area (Å²) >= 11 is 0. The van der Waals surface area contributed by atoms with Crippen LogP contribution in [0.15, 0.2) is 6.20 Å². The van der Waals surface area contributed by atoms with Crippen molar-refractivity contribution in [1.82, 2.24) is 4.98 Å².